The standard InChI is InChI=1S/C10H18/c1-8(2)9-4-7-10(9)5-3-6-10/h8-9H,3-7H2,1-2H3/t9-/m0/s1. The zero-order chi connectivity index (χ0) is 7.19. The second-order valence-electron chi connectivity index (χ2n) is 4.61. The molecule has 0 aromatic carbocycles. The zero-order valence-corrected chi connectivity index (χ0v) is 7.19. The van der Waals surface area contributed by atoms with Crippen molar-refractivity contribution in [3.63, 3.8) is 0 Å². The van der Waals surface area contributed by atoms with Crippen molar-refractivity contribution in [2.45, 2.75) is 46.0 Å². The van der Waals surface area contributed by atoms with Crippen molar-refractivity contribution in [1.29, 1.82) is 0 Å². The molecule has 1 atom stereocenters. The van der Waals surface area contributed by atoms with Gasteiger partial charge in [-0.25, -0.2) is 0 Å². The van der Waals surface area contributed by atoms with Crippen LogP contribution in [0.2, 0.25) is 0 Å². The molecule has 1 spiro atoms. The molecule has 2 aliphatic rings. The fourth-order valence-corrected chi connectivity index (χ4v) is 3.01. The lowest BCUT2D eigenvalue weighted by Crippen LogP contribution is -2.47. The van der Waals surface area contributed by atoms with Crippen LogP contribution < -0.4 is 0 Å². The number of hydrogen-bond donors (Lipinski definition) is 0. The number of rotatable bonds is 1. The molecule has 0 bridgehead atoms. The van der Waals surface area contributed by atoms with Crippen LogP contribution in [0.25, 0.3) is 0 Å². The lowest BCUT2D eigenvalue weighted by atomic mass is 9.47. The average molecular weight is 138 g/mol. The third-order valence-electron chi connectivity index (χ3n) is 3.89. The van der Waals surface area contributed by atoms with Crippen LogP contribution in [0.1, 0.15) is 46.0 Å². The molecular formula is C10H18. The van der Waals surface area contributed by atoms with Gasteiger partial charge in [0, 0.05) is 0 Å². The van der Waals surface area contributed by atoms with Gasteiger partial charge in [0.15, 0.2) is 0 Å². The van der Waals surface area contributed by atoms with Gasteiger partial charge in [0.25, 0.3) is 0 Å². The molecule has 0 aromatic heterocycles. The molecule has 0 heterocycles. The lowest BCUT2D eigenvalue weighted by molar-refractivity contribution is -0.0729. The molecule has 0 aromatic rings. The molecule has 0 aliphatic heterocycles. The predicted octanol–water partition coefficient (Wildman–Crippen LogP) is 3.22. The van der Waals surface area contributed by atoms with E-state index < -0.39 is 0 Å². The van der Waals surface area contributed by atoms with Gasteiger partial charge < -0.3 is 0 Å². The van der Waals surface area contributed by atoms with E-state index in [2.05, 4.69) is 13.8 Å². The Hall–Kier alpha value is 0. The van der Waals surface area contributed by atoms with E-state index in [0.29, 0.717) is 0 Å². The van der Waals surface area contributed by atoms with Gasteiger partial charge in [0.05, 0.1) is 0 Å². The van der Waals surface area contributed by atoms with E-state index in [0.717, 1.165) is 17.3 Å². The van der Waals surface area contributed by atoms with Crippen molar-refractivity contribution < 1.29 is 0 Å². The summed E-state index contributed by atoms with van der Waals surface area (Å²) in [7, 11) is 0. The molecular weight excluding hydrogens is 120 g/mol. The molecule has 0 radical (unpaired) electrons. The van der Waals surface area contributed by atoms with Gasteiger partial charge in [-0.3, -0.25) is 0 Å². The monoisotopic (exact) mass is 138 g/mol. The highest BCUT2D eigenvalue weighted by Crippen LogP contribution is 2.61. The van der Waals surface area contributed by atoms with E-state index in [1.165, 1.54) is 12.8 Å². The third kappa shape index (κ3) is 0.681. The minimum atomic E-state index is 0.883. The summed E-state index contributed by atoms with van der Waals surface area (Å²) in [6, 6.07) is 0. The van der Waals surface area contributed by atoms with Crippen LogP contribution in [0.4, 0.5) is 0 Å². The van der Waals surface area contributed by atoms with Crippen molar-refractivity contribution in [3.8, 4) is 0 Å². The van der Waals surface area contributed by atoms with Crippen molar-refractivity contribution >= 4 is 0 Å². The minimum absolute atomic E-state index is 0.883. The molecule has 0 heteroatoms. The van der Waals surface area contributed by atoms with E-state index >= 15 is 0 Å². The fraction of sp³-hybridized carbons (Fsp3) is 1.00. The topological polar surface area (TPSA) is 0 Å². The molecule has 2 fully saturated rings. The lowest BCUT2D eigenvalue weighted by Gasteiger charge is -2.58. The Labute approximate surface area is 64.0 Å². The first-order chi connectivity index (χ1) is 4.75. The normalized spacial score (nSPS) is 35.7. The molecule has 10 heavy (non-hydrogen) atoms. The minimum Gasteiger partial charge on any atom is -0.0625 e. The molecule has 0 nitrogen and oxygen atoms in total. The van der Waals surface area contributed by atoms with Crippen LogP contribution in [0.5, 0.6) is 0 Å². The first-order valence-corrected chi connectivity index (χ1v) is 4.75. The van der Waals surface area contributed by atoms with Crippen LogP contribution >= 0.6 is 0 Å². The van der Waals surface area contributed by atoms with Crippen LogP contribution in [-0.4, -0.2) is 0 Å². The second kappa shape index (κ2) is 1.99. The maximum absolute atomic E-state index is 2.39. The van der Waals surface area contributed by atoms with Crippen LogP contribution in [-0.2, 0) is 0 Å². The van der Waals surface area contributed by atoms with E-state index in [4.69, 9.17) is 0 Å². The second-order valence-corrected chi connectivity index (χ2v) is 4.61. The maximum Gasteiger partial charge on any atom is -0.0267 e. The van der Waals surface area contributed by atoms with Crippen molar-refractivity contribution in [1.82, 2.24) is 0 Å². The molecule has 2 rings (SSSR count). The van der Waals surface area contributed by atoms with Gasteiger partial charge >= 0.3 is 0 Å². The van der Waals surface area contributed by atoms with Gasteiger partial charge in [-0.1, -0.05) is 20.3 Å². The Balaban J connectivity index is 1.99. The highest BCUT2D eigenvalue weighted by atomic mass is 14.6. The Kier molecular flexibility index (Phi) is 1.33. The Morgan fingerprint density at radius 1 is 1.20 bits per heavy atom. The molecule has 2 aliphatic carbocycles. The highest BCUT2D eigenvalue weighted by molar-refractivity contribution is 5.01. The van der Waals surface area contributed by atoms with E-state index in [9.17, 15) is 0 Å². The fourth-order valence-electron chi connectivity index (χ4n) is 3.01. The number of hydrogen-bond acceptors (Lipinski definition) is 0. The molecule has 0 unspecified atom stereocenters. The molecule has 2 saturated carbocycles. The Morgan fingerprint density at radius 3 is 2.00 bits per heavy atom. The smallest absolute Gasteiger partial charge is 0.0267 e. The Morgan fingerprint density at radius 2 is 1.90 bits per heavy atom. The van der Waals surface area contributed by atoms with E-state index in [1.54, 1.807) is 19.3 Å². The average Bonchev–Trinajstić information content (AvgIpc) is 1.53. The zero-order valence-electron chi connectivity index (χ0n) is 7.19. The van der Waals surface area contributed by atoms with Crippen LogP contribution in [0.3, 0.4) is 0 Å². The van der Waals surface area contributed by atoms with Gasteiger partial charge in [0.1, 0.15) is 0 Å². The van der Waals surface area contributed by atoms with Gasteiger partial charge in [-0.05, 0) is 42.9 Å². The van der Waals surface area contributed by atoms with Crippen LogP contribution in [0, 0.1) is 17.3 Å². The summed E-state index contributed by atoms with van der Waals surface area (Å²) in [5, 5.41) is 0. The van der Waals surface area contributed by atoms with E-state index in [1.807, 2.05) is 0 Å². The van der Waals surface area contributed by atoms with Gasteiger partial charge in [0.2, 0.25) is 0 Å². The Bertz CT molecular complexity index is 125. The largest absolute Gasteiger partial charge is 0.0625 e. The first kappa shape index (κ1) is 6.69. The SMILES string of the molecule is CC(C)[C@@H]1CCC12CCC2. The summed E-state index contributed by atoms with van der Waals surface area (Å²) in [4.78, 5) is 0. The summed E-state index contributed by atoms with van der Waals surface area (Å²) in [5.41, 5.74) is 0.883. The maximum atomic E-state index is 2.39. The quantitative estimate of drug-likeness (QED) is 0.522. The highest BCUT2D eigenvalue weighted by Gasteiger charge is 2.51. The first-order valence-electron chi connectivity index (χ1n) is 4.75. The van der Waals surface area contributed by atoms with Crippen molar-refractivity contribution in [2.24, 2.45) is 17.3 Å². The third-order valence-corrected chi connectivity index (χ3v) is 3.89. The van der Waals surface area contributed by atoms with E-state index in [-0.39, 0.29) is 0 Å². The van der Waals surface area contributed by atoms with Crippen molar-refractivity contribution in [2.75, 3.05) is 0 Å². The summed E-state index contributed by atoms with van der Waals surface area (Å²) in [6.45, 7) is 4.79. The van der Waals surface area contributed by atoms with Gasteiger partial charge in [-0.2, -0.15) is 0 Å². The van der Waals surface area contributed by atoms with Crippen LogP contribution in [0.15, 0.2) is 0 Å². The summed E-state index contributed by atoms with van der Waals surface area (Å²) < 4.78 is 0. The predicted molar refractivity (Wildman–Crippen MR) is 43.8 cm³/mol. The molecule has 0 saturated heterocycles. The van der Waals surface area contributed by atoms with Crippen molar-refractivity contribution in [3.05, 3.63) is 0 Å². The summed E-state index contributed by atoms with van der Waals surface area (Å²) >= 11 is 0. The molecule has 0 amide bonds. The molecule has 58 valence electrons. The summed E-state index contributed by atoms with van der Waals surface area (Å²) in [6.07, 6.45) is 7.70. The summed E-state index contributed by atoms with van der Waals surface area (Å²) in [5.74, 6) is 2.05. The molecule has 0 N–H and O–H groups in total. The van der Waals surface area contributed by atoms with Gasteiger partial charge in [-0.15, -0.1) is 0 Å².